The molecule has 0 aromatic carbocycles. The van der Waals surface area contributed by atoms with Gasteiger partial charge in [-0.05, 0) is 14.0 Å². The molecule has 2 atom stereocenters. The predicted octanol–water partition coefficient (Wildman–Crippen LogP) is 1.05. The maximum absolute atomic E-state index is 10.6. The van der Waals surface area contributed by atoms with E-state index in [1.54, 1.807) is 0 Å². The van der Waals surface area contributed by atoms with E-state index in [1.807, 2.05) is 17.9 Å². The molecule has 0 unspecified atom stereocenters. The summed E-state index contributed by atoms with van der Waals surface area (Å²) in [6.07, 6.45) is 1.69. The van der Waals surface area contributed by atoms with Crippen LogP contribution in [0.4, 0.5) is 0 Å². The van der Waals surface area contributed by atoms with Crippen LogP contribution in [0.3, 0.4) is 0 Å². The van der Waals surface area contributed by atoms with Crippen molar-refractivity contribution in [3.05, 3.63) is 17.5 Å². The Kier molecular flexibility index (Phi) is 5.96. The molecule has 0 spiro atoms. The number of nitrogens with zero attached hydrogens (tertiary/aromatic N) is 4. The molecule has 3 heterocycles. The van der Waals surface area contributed by atoms with Crippen LogP contribution in [-0.2, 0) is 13.6 Å². The standard InChI is InChI=1S/C16H28N4OS2/c1-12-13(6-17-19(12)3)7-18(2)15-8-20(9-16(15)21)14-10-22-4-5-23-11-14/h6,14-16,21H,4-5,7-11H2,1-3H3/t15-,16-/m0/s1. The van der Waals surface area contributed by atoms with Crippen molar-refractivity contribution in [1.82, 2.24) is 19.6 Å². The van der Waals surface area contributed by atoms with Crippen LogP contribution in [-0.4, -0.2) is 86.0 Å². The van der Waals surface area contributed by atoms with Crippen LogP contribution >= 0.6 is 23.5 Å². The second kappa shape index (κ2) is 7.78. The first-order chi connectivity index (χ1) is 11.1. The van der Waals surface area contributed by atoms with Gasteiger partial charge in [-0.1, -0.05) is 0 Å². The van der Waals surface area contributed by atoms with Gasteiger partial charge in [0.1, 0.15) is 0 Å². The molecule has 1 aromatic rings. The Balaban J connectivity index is 1.60. The largest absolute Gasteiger partial charge is 0.390 e. The smallest absolute Gasteiger partial charge is 0.0834 e. The van der Waals surface area contributed by atoms with Gasteiger partial charge in [0.15, 0.2) is 0 Å². The molecule has 2 saturated heterocycles. The van der Waals surface area contributed by atoms with Crippen molar-refractivity contribution in [3.63, 3.8) is 0 Å². The highest BCUT2D eigenvalue weighted by Gasteiger charge is 2.37. The fourth-order valence-electron chi connectivity index (χ4n) is 3.43. The molecule has 130 valence electrons. The van der Waals surface area contributed by atoms with Gasteiger partial charge in [-0.2, -0.15) is 28.6 Å². The summed E-state index contributed by atoms with van der Waals surface area (Å²) in [4.78, 5) is 4.80. The van der Waals surface area contributed by atoms with Gasteiger partial charge in [0.25, 0.3) is 0 Å². The maximum Gasteiger partial charge on any atom is 0.0834 e. The van der Waals surface area contributed by atoms with Crippen LogP contribution in [0.25, 0.3) is 0 Å². The summed E-state index contributed by atoms with van der Waals surface area (Å²) < 4.78 is 1.92. The monoisotopic (exact) mass is 356 g/mol. The highest BCUT2D eigenvalue weighted by atomic mass is 32.2. The number of likely N-dealkylation sites (tertiary alicyclic amines) is 1. The molecule has 2 fully saturated rings. The molecule has 1 N–H and O–H groups in total. The first kappa shape index (κ1) is 17.6. The zero-order chi connectivity index (χ0) is 16.4. The Labute approximate surface area is 147 Å². The van der Waals surface area contributed by atoms with Crippen molar-refractivity contribution in [3.8, 4) is 0 Å². The quantitative estimate of drug-likeness (QED) is 0.870. The molecule has 1 aromatic heterocycles. The zero-order valence-corrected chi connectivity index (χ0v) is 15.9. The Morgan fingerprint density at radius 3 is 2.61 bits per heavy atom. The fraction of sp³-hybridized carbons (Fsp3) is 0.812. The molecule has 2 aliphatic rings. The lowest BCUT2D eigenvalue weighted by Gasteiger charge is -2.28. The Hall–Kier alpha value is -0.210. The Bertz CT molecular complexity index is 516. The van der Waals surface area contributed by atoms with Crippen molar-refractivity contribution in [1.29, 1.82) is 0 Å². The minimum Gasteiger partial charge on any atom is -0.390 e. The highest BCUT2D eigenvalue weighted by molar-refractivity contribution is 8.03. The number of aliphatic hydroxyl groups is 1. The molecule has 5 nitrogen and oxygen atoms in total. The first-order valence-corrected chi connectivity index (χ1v) is 10.6. The van der Waals surface area contributed by atoms with E-state index in [4.69, 9.17) is 0 Å². The van der Waals surface area contributed by atoms with Crippen molar-refractivity contribution in [2.75, 3.05) is 43.1 Å². The average molecular weight is 357 g/mol. The summed E-state index contributed by atoms with van der Waals surface area (Å²) in [5, 5.41) is 14.9. The lowest BCUT2D eigenvalue weighted by Crippen LogP contribution is -2.41. The molecule has 2 aliphatic heterocycles. The van der Waals surface area contributed by atoms with E-state index in [-0.39, 0.29) is 12.1 Å². The number of β-amino-alcohol motifs (C(OH)–C–C–N with tert-alkyl or cyclic N) is 1. The zero-order valence-electron chi connectivity index (χ0n) is 14.3. The normalized spacial score (nSPS) is 27.7. The van der Waals surface area contributed by atoms with Crippen LogP contribution in [0, 0.1) is 6.92 Å². The molecular formula is C16H28N4OS2. The lowest BCUT2D eigenvalue weighted by molar-refractivity contribution is 0.0946. The molecule has 0 aliphatic carbocycles. The van der Waals surface area contributed by atoms with E-state index in [9.17, 15) is 5.11 Å². The van der Waals surface area contributed by atoms with E-state index in [0.717, 1.165) is 19.6 Å². The summed E-state index contributed by atoms with van der Waals surface area (Å²) in [7, 11) is 4.10. The van der Waals surface area contributed by atoms with E-state index in [0.29, 0.717) is 6.04 Å². The Morgan fingerprint density at radius 2 is 2.00 bits per heavy atom. The topological polar surface area (TPSA) is 44.5 Å². The molecule has 0 bridgehead atoms. The summed E-state index contributed by atoms with van der Waals surface area (Å²) >= 11 is 4.12. The number of likely N-dealkylation sites (N-methyl/N-ethyl adjacent to an activating group) is 1. The van der Waals surface area contributed by atoms with E-state index in [2.05, 4.69) is 52.4 Å². The predicted molar refractivity (Wildman–Crippen MR) is 99.2 cm³/mol. The van der Waals surface area contributed by atoms with Crippen molar-refractivity contribution in [2.24, 2.45) is 7.05 Å². The minimum atomic E-state index is -0.254. The Morgan fingerprint density at radius 1 is 1.30 bits per heavy atom. The lowest BCUT2D eigenvalue weighted by atomic mass is 10.1. The number of thioether (sulfide) groups is 2. The molecule has 0 radical (unpaired) electrons. The number of rotatable bonds is 4. The molecule has 0 amide bonds. The number of aromatic nitrogens is 2. The van der Waals surface area contributed by atoms with Crippen molar-refractivity contribution < 1.29 is 5.11 Å². The van der Waals surface area contributed by atoms with Gasteiger partial charge in [0.05, 0.1) is 12.3 Å². The van der Waals surface area contributed by atoms with Crippen LogP contribution in [0.1, 0.15) is 11.3 Å². The summed E-state index contributed by atoms with van der Waals surface area (Å²) in [5.41, 5.74) is 2.46. The van der Waals surface area contributed by atoms with Gasteiger partial charge in [0.2, 0.25) is 0 Å². The highest BCUT2D eigenvalue weighted by Crippen LogP contribution is 2.26. The van der Waals surface area contributed by atoms with E-state index < -0.39 is 0 Å². The molecule has 7 heteroatoms. The number of aliphatic hydroxyl groups excluding tert-OH is 1. The van der Waals surface area contributed by atoms with Crippen molar-refractivity contribution in [2.45, 2.75) is 31.7 Å². The average Bonchev–Trinajstić information content (AvgIpc) is 2.93. The van der Waals surface area contributed by atoms with Crippen LogP contribution in [0.5, 0.6) is 0 Å². The third-order valence-corrected chi connectivity index (χ3v) is 7.60. The van der Waals surface area contributed by atoms with Crippen LogP contribution in [0.2, 0.25) is 0 Å². The second-order valence-corrected chi connectivity index (χ2v) is 8.99. The molecule has 3 rings (SSSR count). The third-order valence-electron chi connectivity index (χ3n) is 5.12. The maximum atomic E-state index is 10.6. The molecule has 0 saturated carbocycles. The van der Waals surface area contributed by atoms with E-state index in [1.165, 1.54) is 34.3 Å². The summed E-state index contributed by atoms with van der Waals surface area (Å²) in [6.45, 7) is 4.74. The number of hydrogen-bond donors (Lipinski definition) is 1. The molecular weight excluding hydrogens is 328 g/mol. The fourth-order valence-corrected chi connectivity index (χ4v) is 6.06. The van der Waals surface area contributed by atoms with Crippen LogP contribution < -0.4 is 0 Å². The van der Waals surface area contributed by atoms with E-state index >= 15 is 0 Å². The summed E-state index contributed by atoms with van der Waals surface area (Å²) in [6, 6.07) is 0.827. The van der Waals surface area contributed by atoms with Gasteiger partial charge in [-0.25, -0.2) is 0 Å². The van der Waals surface area contributed by atoms with Crippen molar-refractivity contribution >= 4 is 23.5 Å². The molecule has 23 heavy (non-hydrogen) atoms. The third kappa shape index (κ3) is 4.07. The van der Waals surface area contributed by atoms with Gasteiger partial charge in [-0.15, -0.1) is 0 Å². The van der Waals surface area contributed by atoms with Crippen LogP contribution in [0.15, 0.2) is 6.20 Å². The van der Waals surface area contributed by atoms with Gasteiger partial charge >= 0.3 is 0 Å². The minimum absolute atomic E-state index is 0.216. The SMILES string of the molecule is Cc1c(CN(C)[C@H]2CN(C3CSCCSC3)C[C@@H]2O)cnn1C. The van der Waals surface area contributed by atoms with Gasteiger partial charge < -0.3 is 5.11 Å². The first-order valence-electron chi connectivity index (χ1n) is 8.31. The number of aryl methyl sites for hydroxylation is 1. The summed E-state index contributed by atoms with van der Waals surface area (Å²) in [5.74, 6) is 4.94. The second-order valence-electron chi connectivity index (χ2n) is 6.69. The van der Waals surface area contributed by atoms with Gasteiger partial charge in [0, 0.05) is 73.0 Å². The van der Waals surface area contributed by atoms with Gasteiger partial charge in [-0.3, -0.25) is 14.5 Å². The number of hydrogen-bond acceptors (Lipinski definition) is 6.